The molecule has 0 saturated carbocycles. The second kappa shape index (κ2) is 4.27. The summed E-state index contributed by atoms with van der Waals surface area (Å²) >= 11 is 3.38. The highest BCUT2D eigenvalue weighted by molar-refractivity contribution is 9.08. The third kappa shape index (κ3) is 2.13. The van der Waals surface area contributed by atoms with Gasteiger partial charge in [0.2, 0.25) is 0 Å². The molecular formula is C9H12BBrO2. The fraction of sp³-hybridized carbons (Fsp3) is 0.333. The Morgan fingerprint density at radius 3 is 2.31 bits per heavy atom. The van der Waals surface area contributed by atoms with Crippen molar-refractivity contribution in [2.75, 3.05) is 0 Å². The summed E-state index contributed by atoms with van der Waals surface area (Å²) < 4.78 is 0. The van der Waals surface area contributed by atoms with Gasteiger partial charge in [-0.25, -0.2) is 0 Å². The Balaban J connectivity index is 3.23. The van der Waals surface area contributed by atoms with E-state index in [1.165, 1.54) is 5.56 Å². The van der Waals surface area contributed by atoms with Crippen molar-refractivity contribution >= 4 is 28.5 Å². The molecule has 13 heavy (non-hydrogen) atoms. The zero-order chi connectivity index (χ0) is 10.0. The van der Waals surface area contributed by atoms with Crippen molar-refractivity contribution in [1.29, 1.82) is 0 Å². The smallest absolute Gasteiger partial charge is 0.423 e. The first kappa shape index (κ1) is 10.8. The third-order valence-electron chi connectivity index (χ3n) is 2.36. The lowest BCUT2D eigenvalue weighted by molar-refractivity contribution is 0.425. The van der Waals surface area contributed by atoms with Crippen LogP contribution in [-0.2, 0) is 5.33 Å². The first-order valence-electron chi connectivity index (χ1n) is 4.09. The van der Waals surface area contributed by atoms with Gasteiger partial charge in [0.1, 0.15) is 0 Å². The summed E-state index contributed by atoms with van der Waals surface area (Å²) in [6.07, 6.45) is 0. The highest BCUT2D eigenvalue weighted by atomic mass is 79.9. The summed E-state index contributed by atoms with van der Waals surface area (Å²) in [7, 11) is -1.37. The monoisotopic (exact) mass is 242 g/mol. The summed E-state index contributed by atoms with van der Waals surface area (Å²) in [4.78, 5) is 0. The maximum absolute atomic E-state index is 9.04. The molecule has 70 valence electrons. The minimum Gasteiger partial charge on any atom is -0.423 e. The Morgan fingerprint density at radius 2 is 1.85 bits per heavy atom. The van der Waals surface area contributed by atoms with E-state index in [0.717, 1.165) is 16.5 Å². The molecule has 0 bridgehead atoms. The second-order valence-electron chi connectivity index (χ2n) is 3.07. The first-order valence-corrected chi connectivity index (χ1v) is 5.21. The zero-order valence-electron chi connectivity index (χ0n) is 7.71. The summed E-state index contributed by atoms with van der Waals surface area (Å²) in [5.41, 5.74) is 3.83. The maximum Gasteiger partial charge on any atom is 0.488 e. The number of rotatable bonds is 2. The molecule has 2 N–H and O–H groups in total. The fourth-order valence-electron chi connectivity index (χ4n) is 1.32. The Bertz CT molecular complexity index is 313. The lowest BCUT2D eigenvalue weighted by atomic mass is 9.75. The SMILES string of the molecule is Cc1c(CBr)ccc(B(O)O)c1C. The van der Waals surface area contributed by atoms with Crippen molar-refractivity contribution in [1.82, 2.24) is 0 Å². The second-order valence-corrected chi connectivity index (χ2v) is 3.63. The number of alkyl halides is 1. The van der Waals surface area contributed by atoms with Crippen molar-refractivity contribution in [2.45, 2.75) is 19.2 Å². The minimum atomic E-state index is -1.37. The summed E-state index contributed by atoms with van der Waals surface area (Å²) in [5, 5.41) is 18.9. The van der Waals surface area contributed by atoms with Gasteiger partial charge in [-0.15, -0.1) is 0 Å². The molecule has 4 heteroatoms. The van der Waals surface area contributed by atoms with Gasteiger partial charge in [-0.05, 0) is 36.0 Å². The summed E-state index contributed by atoms with van der Waals surface area (Å²) in [6, 6.07) is 3.66. The van der Waals surface area contributed by atoms with Crippen LogP contribution in [0.3, 0.4) is 0 Å². The Morgan fingerprint density at radius 1 is 1.23 bits per heavy atom. The molecule has 0 spiro atoms. The number of hydrogen-bond acceptors (Lipinski definition) is 2. The van der Waals surface area contributed by atoms with E-state index in [-0.39, 0.29) is 0 Å². The predicted octanol–water partition coefficient (Wildman–Crippen LogP) is 0.878. The molecule has 0 aliphatic heterocycles. The van der Waals surface area contributed by atoms with Gasteiger partial charge in [0.05, 0.1) is 0 Å². The van der Waals surface area contributed by atoms with Crippen LogP contribution in [0, 0.1) is 13.8 Å². The largest absolute Gasteiger partial charge is 0.488 e. The fourth-order valence-corrected chi connectivity index (χ4v) is 1.93. The predicted molar refractivity (Wildman–Crippen MR) is 58.4 cm³/mol. The highest BCUT2D eigenvalue weighted by Gasteiger charge is 2.15. The lowest BCUT2D eigenvalue weighted by Crippen LogP contribution is -2.32. The van der Waals surface area contributed by atoms with Gasteiger partial charge in [0, 0.05) is 5.33 Å². The van der Waals surface area contributed by atoms with E-state index in [1.807, 2.05) is 19.9 Å². The van der Waals surface area contributed by atoms with Crippen molar-refractivity contribution in [2.24, 2.45) is 0 Å². The Hall–Kier alpha value is -0.315. The van der Waals surface area contributed by atoms with E-state index in [4.69, 9.17) is 10.0 Å². The zero-order valence-corrected chi connectivity index (χ0v) is 9.30. The molecule has 0 aromatic heterocycles. The molecule has 0 aliphatic carbocycles. The van der Waals surface area contributed by atoms with Crippen LogP contribution in [0.15, 0.2) is 12.1 Å². The molecule has 0 amide bonds. The minimum absolute atomic E-state index is 0.585. The normalized spacial score (nSPS) is 10.2. The van der Waals surface area contributed by atoms with Gasteiger partial charge in [-0.2, -0.15) is 0 Å². The first-order chi connectivity index (χ1) is 6.07. The molecule has 1 aromatic rings. The van der Waals surface area contributed by atoms with E-state index < -0.39 is 7.12 Å². The quantitative estimate of drug-likeness (QED) is 0.597. The van der Waals surface area contributed by atoms with E-state index >= 15 is 0 Å². The molecule has 0 saturated heterocycles. The van der Waals surface area contributed by atoms with Crippen LogP contribution >= 0.6 is 15.9 Å². The van der Waals surface area contributed by atoms with Gasteiger partial charge < -0.3 is 10.0 Å². The molecule has 1 rings (SSSR count). The lowest BCUT2D eigenvalue weighted by Gasteiger charge is -2.11. The molecule has 2 nitrogen and oxygen atoms in total. The van der Waals surface area contributed by atoms with E-state index in [9.17, 15) is 0 Å². The molecule has 0 atom stereocenters. The van der Waals surface area contributed by atoms with Gasteiger partial charge in [0.25, 0.3) is 0 Å². The molecule has 1 aromatic carbocycles. The summed E-state index contributed by atoms with van der Waals surface area (Å²) in [5.74, 6) is 0. The van der Waals surface area contributed by atoms with Crippen LogP contribution in [0.5, 0.6) is 0 Å². The third-order valence-corrected chi connectivity index (χ3v) is 2.97. The average Bonchev–Trinajstić information content (AvgIpc) is 2.09. The van der Waals surface area contributed by atoms with Crippen LogP contribution in [0.25, 0.3) is 0 Å². The molecular weight excluding hydrogens is 231 g/mol. The van der Waals surface area contributed by atoms with Crippen LogP contribution < -0.4 is 5.46 Å². The van der Waals surface area contributed by atoms with Crippen molar-refractivity contribution in [3.8, 4) is 0 Å². The Kier molecular flexibility index (Phi) is 3.53. The van der Waals surface area contributed by atoms with E-state index in [0.29, 0.717) is 5.46 Å². The summed E-state index contributed by atoms with van der Waals surface area (Å²) in [6.45, 7) is 3.88. The van der Waals surface area contributed by atoms with Crippen LogP contribution in [0.1, 0.15) is 16.7 Å². The van der Waals surface area contributed by atoms with E-state index in [2.05, 4.69) is 15.9 Å². The Labute approximate surface area is 86.9 Å². The molecule has 0 unspecified atom stereocenters. The van der Waals surface area contributed by atoms with Crippen LogP contribution in [0.4, 0.5) is 0 Å². The molecule has 0 aliphatic rings. The number of benzene rings is 1. The van der Waals surface area contributed by atoms with E-state index in [1.54, 1.807) is 6.07 Å². The van der Waals surface area contributed by atoms with Crippen LogP contribution in [0.2, 0.25) is 0 Å². The number of hydrogen-bond donors (Lipinski definition) is 2. The highest BCUT2D eigenvalue weighted by Crippen LogP contribution is 2.14. The number of halogens is 1. The van der Waals surface area contributed by atoms with Crippen LogP contribution in [-0.4, -0.2) is 17.2 Å². The molecule has 0 radical (unpaired) electrons. The van der Waals surface area contributed by atoms with Gasteiger partial charge >= 0.3 is 7.12 Å². The van der Waals surface area contributed by atoms with Gasteiger partial charge in [0.15, 0.2) is 0 Å². The van der Waals surface area contributed by atoms with Gasteiger partial charge in [-0.1, -0.05) is 28.1 Å². The van der Waals surface area contributed by atoms with Crippen molar-refractivity contribution in [3.05, 3.63) is 28.8 Å². The topological polar surface area (TPSA) is 40.5 Å². The average molecular weight is 243 g/mol. The standard InChI is InChI=1S/C9H12BBrO2/c1-6-7(2)9(10(12)13)4-3-8(6)5-11/h3-4,12-13H,5H2,1-2H3. The maximum atomic E-state index is 9.04. The molecule has 0 heterocycles. The van der Waals surface area contributed by atoms with Crippen molar-refractivity contribution in [3.63, 3.8) is 0 Å². The van der Waals surface area contributed by atoms with Crippen molar-refractivity contribution < 1.29 is 10.0 Å². The molecule has 0 fully saturated rings. The van der Waals surface area contributed by atoms with Gasteiger partial charge in [-0.3, -0.25) is 0 Å².